The first kappa shape index (κ1) is 15.0. The minimum atomic E-state index is -0.675. The number of nitrogens with two attached hydrogens (primary N) is 1. The van der Waals surface area contributed by atoms with E-state index in [9.17, 15) is 4.79 Å². The zero-order valence-electron chi connectivity index (χ0n) is 11.7. The summed E-state index contributed by atoms with van der Waals surface area (Å²) in [5.41, 5.74) is 10.2. The van der Waals surface area contributed by atoms with E-state index in [1.165, 1.54) is 0 Å². The number of hydrogen-bond acceptors (Lipinski definition) is 3. The first-order valence-corrected chi connectivity index (χ1v) is 6.37. The first-order valence-electron chi connectivity index (χ1n) is 6.37. The van der Waals surface area contributed by atoms with Gasteiger partial charge < -0.3 is 10.5 Å². The molecule has 0 radical (unpaired) electrons. The molecule has 3 N–H and O–H groups in total. The number of primary amides is 1. The van der Waals surface area contributed by atoms with Crippen LogP contribution >= 0.6 is 0 Å². The minimum absolute atomic E-state index is 0.675. The molecule has 1 aromatic rings. The summed E-state index contributed by atoms with van der Waals surface area (Å²) in [5.74, 6) is 0.864. The Morgan fingerprint density at radius 1 is 1.42 bits per heavy atom. The van der Waals surface area contributed by atoms with Gasteiger partial charge in [-0.2, -0.15) is 5.10 Å². The molecule has 0 aliphatic carbocycles. The Labute approximate surface area is 113 Å². The Bertz CT molecular complexity index is 447. The number of amides is 2. The monoisotopic (exact) mass is 263 g/mol. The van der Waals surface area contributed by atoms with Gasteiger partial charge in [-0.15, -0.1) is 0 Å². The maximum absolute atomic E-state index is 10.5. The van der Waals surface area contributed by atoms with Gasteiger partial charge in [0.05, 0.1) is 12.8 Å². The van der Waals surface area contributed by atoms with Crippen molar-refractivity contribution in [2.75, 3.05) is 6.61 Å². The summed E-state index contributed by atoms with van der Waals surface area (Å²) in [4.78, 5) is 10.5. The van der Waals surface area contributed by atoms with E-state index in [0.29, 0.717) is 0 Å². The van der Waals surface area contributed by atoms with Crippen molar-refractivity contribution in [2.24, 2.45) is 10.8 Å². The number of hydrazone groups is 1. The molecule has 0 aromatic heterocycles. The van der Waals surface area contributed by atoms with Crippen molar-refractivity contribution >= 4 is 12.2 Å². The molecule has 2 amide bonds. The largest absolute Gasteiger partial charge is 0.494 e. The minimum Gasteiger partial charge on any atom is -0.494 e. The highest BCUT2D eigenvalue weighted by molar-refractivity contribution is 5.85. The van der Waals surface area contributed by atoms with Crippen LogP contribution in [0.2, 0.25) is 0 Å². The fourth-order valence-electron chi connectivity index (χ4n) is 1.72. The third kappa shape index (κ3) is 4.99. The Balaban J connectivity index is 2.79. The van der Waals surface area contributed by atoms with Crippen LogP contribution in [0.5, 0.6) is 5.75 Å². The zero-order chi connectivity index (χ0) is 14.3. The van der Waals surface area contributed by atoms with Gasteiger partial charge in [0.1, 0.15) is 5.75 Å². The Kier molecular flexibility index (Phi) is 5.85. The summed E-state index contributed by atoms with van der Waals surface area (Å²) in [7, 11) is 0. The maximum Gasteiger partial charge on any atom is 0.332 e. The van der Waals surface area contributed by atoms with Crippen molar-refractivity contribution in [3.63, 3.8) is 0 Å². The number of rotatable bonds is 6. The van der Waals surface area contributed by atoms with Gasteiger partial charge >= 0.3 is 6.03 Å². The molecule has 0 saturated heterocycles. The Hall–Kier alpha value is -2.04. The van der Waals surface area contributed by atoms with Crippen molar-refractivity contribution in [3.05, 3.63) is 28.8 Å². The van der Waals surface area contributed by atoms with Crippen LogP contribution < -0.4 is 15.9 Å². The van der Waals surface area contributed by atoms with E-state index in [0.717, 1.165) is 41.9 Å². The van der Waals surface area contributed by atoms with E-state index in [2.05, 4.69) is 17.5 Å². The number of carbonyl (C=O) groups is 1. The van der Waals surface area contributed by atoms with E-state index < -0.39 is 6.03 Å². The predicted octanol–water partition coefficient (Wildman–Crippen LogP) is 2.48. The van der Waals surface area contributed by atoms with E-state index in [1.54, 1.807) is 6.21 Å². The van der Waals surface area contributed by atoms with Crippen LogP contribution in [0, 0.1) is 13.8 Å². The van der Waals surface area contributed by atoms with Crippen LogP contribution in [0.4, 0.5) is 4.79 Å². The fraction of sp³-hybridized carbons (Fsp3) is 0.429. The predicted molar refractivity (Wildman–Crippen MR) is 76.6 cm³/mol. The number of urea groups is 1. The van der Waals surface area contributed by atoms with Gasteiger partial charge in [0.15, 0.2) is 0 Å². The molecule has 0 atom stereocenters. The van der Waals surface area contributed by atoms with Gasteiger partial charge in [-0.25, -0.2) is 10.2 Å². The van der Waals surface area contributed by atoms with Crippen LogP contribution in [0.3, 0.4) is 0 Å². The number of ether oxygens (including phenoxy) is 1. The highest BCUT2D eigenvalue weighted by Crippen LogP contribution is 2.20. The lowest BCUT2D eigenvalue weighted by Gasteiger charge is -2.10. The molecule has 0 fully saturated rings. The second-order valence-electron chi connectivity index (χ2n) is 4.41. The highest BCUT2D eigenvalue weighted by atomic mass is 16.5. The van der Waals surface area contributed by atoms with Gasteiger partial charge in [-0.1, -0.05) is 13.3 Å². The number of nitrogens with zero attached hydrogens (tertiary/aromatic N) is 1. The lowest BCUT2D eigenvalue weighted by molar-refractivity contribution is 0.249. The smallest absolute Gasteiger partial charge is 0.332 e. The zero-order valence-corrected chi connectivity index (χ0v) is 11.7. The van der Waals surface area contributed by atoms with Gasteiger partial charge in [0.25, 0.3) is 0 Å². The van der Waals surface area contributed by atoms with Gasteiger partial charge in [0, 0.05) is 5.56 Å². The molecule has 0 heterocycles. The van der Waals surface area contributed by atoms with E-state index in [1.807, 2.05) is 26.0 Å². The van der Waals surface area contributed by atoms with Gasteiger partial charge in [0.2, 0.25) is 0 Å². The molecule has 0 spiro atoms. The average molecular weight is 263 g/mol. The molecule has 0 unspecified atom stereocenters. The van der Waals surface area contributed by atoms with Gasteiger partial charge in [-0.05, 0) is 43.5 Å². The highest BCUT2D eigenvalue weighted by Gasteiger charge is 2.04. The average Bonchev–Trinajstić information content (AvgIpc) is 2.32. The molecule has 0 bridgehead atoms. The van der Waals surface area contributed by atoms with Crippen molar-refractivity contribution in [3.8, 4) is 5.75 Å². The first-order chi connectivity index (χ1) is 9.04. The molecular formula is C14H21N3O2. The summed E-state index contributed by atoms with van der Waals surface area (Å²) >= 11 is 0. The Morgan fingerprint density at radius 3 is 2.58 bits per heavy atom. The third-order valence-electron chi connectivity index (χ3n) is 2.70. The molecule has 5 nitrogen and oxygen atoms in total. The van der Waals surface area contributed by atoms with E-state index >= 15 is 0 Å². The summed E-state index contributed by atoms with van der Waals surface area (Å²) in [6.45, 7) is 6.81. The second-order valence-corrected chi connectivity index (χ2v) is 4.41. The molecule has 104 valence electrons. The lowest BCUT2D eigenvalue weighted by Crippen LogP contribution is -2.24. The van der Waals surface area contributed by atoms with Crippen molar-refractivity contribution in [1.29, 1.82) is 0 Å². The van der Waals surface area contributed by atoms with Crippen molar-refractivity contribution in [1.82, 2.24) is 5.43 Å². The topological polar surface area (TPSA) is 76.7 Å². The molecule has 0 saturated carbocycles. The number of carbonyl (C=O) groups excluding carboxylic acids is 1. The molecule has 1 aromatic carbocycles. The number of unbranched alkanes of at least 4 members (excludes halogenated alkanes) is 1. The normalized spacial score (nSPS) is 10.7. The summed E-state index contributed by atoms with van der Waals surface area (Å²) < 4.78 is 5.67. The summed E-state index contributed by atoms with van der Waals surface area (Å²) in [6.07, 6.45) is 3.75. The SMILES string of the molecule is CCCCOc1cc(C)c(C=NNC(N)=O)c(C)c1. The molecule has 0 aliphatic rings. The third-order valence-corrected chi connectivity index (χ3v) is 2.70. The lowest BCUT2D eigenvalue weighted by atomic mass is 10.0. The van der Waals surface area contributed by atoms with Crippen LogP contribution in [0.25, 0.3) is 0 Å². The fourth-order valence-corrected chi connectivity index (χ4v) is 1.72. The van der Waals surface area contributed by atoms with Crippen molar-refractivity contribution < 1.29 is 9.53 Å². The van der Waals surface area contributed by atoms with Crippen LogP contribution in [0.15, 0.2) is 17.2 Å². The second kappa shape index (κ2) is 7.41. The standard InChI is InChI=1S/C14H21N3O2/c1-4-5-6-19-12-7-10(2)13(11(3)8-12)9-16-17-14(15)18/h7-9H,4-6H2,1-3H3,(H3,15,17,18). The van der Waals surface area contributed by atoms with Crippen LogP contribution in [-0.4, -0.2) is 18.9 Å². The summed E-state index contributed by atoms with van der Waals surface area (Å²) in [6, 6.07) is 3.26. The summed E-state index contributed by atoms with van der Waals surface area (Å²) in [5, 5.41) is 3.78. The number of hydrogen-bond donors (Lipinski definition) is 2. The number of aryl methyl sites for hydroxylation is 2. The number of nitrogens with one attached hydrogen (secondary N) is 1. The Morgan fingerprint density at radius 2 is 2.05 bits per heavy atom. The van der Waals surface area contributed by atoms with Crippen LogP contribution in [-0.2, 0) is 0 Å². The van der Waals surface area contributed by atoms with E-state index in [-0.39, 0.29) is 0 Å². The quantitative estimate of drug-likeness (QED) is 0.470. The molecule has 0 aliphatic heterocycles. The maximum atomic E-state index is 10.5. The van der Waals surface area contributed by atoms with Crippen molar-refractivity contribution in [2.45, 2.75) is 33.6 Å². The van der Waals surface area contributed by atoms with E-state index in [4.69, 9.17) is 10.5 Å². The molecule has 19 heavy (non-hydrogen) atoms. The number of benzene rings is 1. The molecule has 5 heteroatoms. The van der Waals surface area contributed by atoms with Gasteiger partial charge in [-0.3, -0.25) is 0 Å². The molecular weight excluding hydrogens is 242 g/mol. The molecule has 1 rings (SSSR count). The van der Waals surface area contributed by atoms with Crippen LogP contribution in [0.1, 0.15) is 36.5 Å².